The van der Waals surface area contributed by atoms with Crippen LogP contribution in [-0.4, -0.2) is 41.4 Å². The maximum absolute atomic E-state index is 12.5. The average molecular weight is 443 g/mol. The van der Waals surface area contributed by atoms with E-state index in [2.05, 4.69) is 21.2 Å². The predicted octanol–water partition coefficient (Wildman–Crippen LogP) is 5.10. The van der Waals surface area contributed by atoms with Crippen LogP contribution in [0, 0.1) is 0 Å². The summed E-state index contributed by atoms with van der Waals surface area (Å²) in [5.74, 6) is 0. The average Bonchev–Trinajstić information content (AvgIpc) is 2.48. The molecule has 1 aromatic carbocycles. The molecule has 6 nitrogen and oxygen atoms in total. The maximum Gasteiger partial charge on any atom is 0.410 e. The number of carbonyl (C=O) groups excluding carboxylic acids is 2. The van der Waals surface area contributed by atoms with Gasteiger partial charge in [0, 0.05) is 24.1 Å². The number of rotatable bonds is 6. The molecule has 0 aliphatic carbocycles. The predicted molar refractivity (Wildman–Crippen MR) is 110 cm³/mol. The molecule has 1 N–H and O–H groups in total. The van der Waals surface area contributed by atoms with Crippen LogP contribution in [0.25, 0.3) is 0 Å². The Morgan fingerprint density at radius 1 is 1.00 bits per heavy atom. The van der Waals surface area contributed by atoms with Gasteiger partial charge in [-0.05, 0) is 65.7 Å². The molecule has 0 saturated carbocycles. The molecule has 2 amide bonds. The first-order valence-electron chi connectivity index (χ1n) is 9.05. The highest BCUT2D eigenvalue weighted by molar-refractivity contribution is 9.10. The number of alkyl carbamates (subject to hydrolysis) is 1. The summed E-state index contributed by atoms with van der Waals surface area (Å²) in [5, 5.41) is 2.71. The highest BCUT2D eigenvalue weighted by atomic mass is 79.9. The third kappa shape index (κ3) is 10.9. The lowest BCUT2D eigenvalue weighted by Crippen LogP contribution is -2.38. The lowest BCUT2D eigenvalue weighted by molar-refractivity contribution is 0.0231. The van der Waals surface area contributed by atoms with Gasteiger partial charge in [-0.2, -0.15) is 0 Å². The minimum absolute atomic E-state index is 0.373. The first-order valence-corrected chi connectivity index (χ1v) is 9.84. The molecule has 0 atom stereocenters. The van der Waals surface area contributed by atoms with Crippen LogP contribution in [0.2, 0.25) is 0 Å². The third-order valence-electron chi connectivity index (χ3n) is 3.21. The summed E-state index contributed by atoms with van der Waals surface area (Å²) in [5.41, 5.74) is -0.0953. The van der Waals surface area contributed by atoms with Gasteiger partial charge in [-0.25, -0.2) is 9.59 Å². The Morgan fingerprint density at radius 3 is 2.07 bits per heavy atom. The lowest BCUT2D eigenvalue weighted by Gasteiger charge is -2.27. The van der Waals surface area contributed by atoms with Crippen molar-refractivity contribution >= 4 is 28.1 Å². The van der Waals surface area contributed by atoms with Crippen LogP contribution in [0.4, 0.5) is 9.59 Å². The summed E-state index contributed by atoms with van der Waals surface area (Å²) >= 11 is 3.41. The molecule has 0 radical (unpaired) electrons. The van der Waals surface area contributed by atoms with Crippen LogP contribution < -0.4 is 5.32 Å². The zero-order chi connectivity index (χ0) is 20.7. The number of halogens is 1. The third-order valence-corrected chi connectivity index (χ3v) is 3.74. The van der Waals surface area contributed by atoms with E-state index in [0.717, 1.165) is 10.0 Å². The fraction of sp³-hybridized carbons (Fsp3) is 0.600. The molecule has 0 aliphatic rings. The summed E-state index contributed by atoms with van der Waals surface area (Å²) in [6.45, 7) is 12.3. The van der Waals surface area contributed by atoms with Crippen molar-refractivity contribution in [3.05, 3.63) is 34.3 Å². The molecule has 0 aliphatic heterocycles. The summed E-state index contributed by atoms with van der Waals surface area (Å²) in [7, 11) is 0. The van der Waals surface area contributed by atoms with Crippen molar-refractivity contribution in [1.29, 1.82) is 0 Å². The minimum atomic E-state index is -0.566. The molecule has 0 spiro atoms. The largest absolute Gasteiger partial charge is 0.444 e. The van der Waals surface area contributed by atoms with Crippen LogP contribution in [0.3, 0.4) is 0 Å². The number of hydrogen-bond donors (Lipinski definition) is 1. The monoisotopic (exact) mass is 442 g/mol. The van der Waals surface area contributed by atoms with Gasteiger partial charge in [0.05, 0.1) is 0 Å². The minimum Gasteiger partial charge on any atom is -0.444 e. The smallest absolute Gasteiger partial charge is 0.410 e. The molecule has 0 saturated heterocycles. The Bertz CT molecular complexity index is 618. The Hall–Kier alpha value is -1.76. The Labute approximate surface area is 170 Å². The van der Waals surface area contributed by atoms with Crippen LogP contribution in [0.1, 0.15) is 53.5 Å². The maximum atomic E-state index is 12.5. The van der Waals surface area contributed by atoms with E-state index in [0.29, 0.717) is 26.1 Å². The molecule has 152 valence electrons. The van der Waals surface area contributed by atoms with Gasteiger partial charge in [0.25, 0.3) is 0 Å². The molecule has 7 heteroatoms. The van der Waals surface area contributed by atoms with Crippen molar-refractivity contribution < 1.29 is 19.1 Å². The van der Waals surface area contributed by atoms with Gasteiger partial charge < -0.3 is 19.7 Å². The molecule has 0 bridgehead atoms. The highest BCUT2D eigenvalue weighted by Crippen LogP contribution is 2.15. The molecule has 1 rings (SSSR count). The van der Waals surface area contributed by atoms with E-state index in [1.807, 2.05) is 65.8 Å². The zero-order valence-corrected chi connectivity index (χ0v) is 18.7. The van der Waals surface area contributed by atoms with Crippen LogP contribution in [-0.2, 0) is 16.0 Å². The van der Waals surface area contributed by atoms with E-state index in [4.69, 9.17) is 9.47 Å². The molecule has 27 heavy (non-hydrogen) atoms. The number of nitrogens with one attached hydrogen (secondary N) is 1. The number of ether oxygens (including phenoxy) is 2. The van der Waals surface area contributed by atoms with E-state index in [9.17, 15) is 9.59 Å². The van der Waals surface area contributed by atoms with E-state index in [-0.39, 0.29) is 6.09 Å². The van der Waals surface area contributed by atoms with Crippen molar-refractivity contribution in [1.82, 2.24) is 10.2 Å². The summed E-state index contributed by atoms with van der Waals surface area (Å²) in [6, 6.07) is 7.79. The van der Waals surface area contributed by atoms with Gasteiger partial charge in [0.1, 0.15) is 11.2 Å². The van der Waals surface area contributed by atoms with Crippen LogP contribution in [0.5, 0.6) is 0 Å². The second-order valence-corrected chi connectivity index (χ2v) is 9.23. The van der Waals surface area contributed by atoms with Gasteiger partial charge >= 0.3 is 12.2 Å². The molecular weight excluding hydrogens is 412 g/mol. The number of benzene rings is 1. The summed E-state index contributed by atoms with van der Waals surface area (Å²) in [6.07, 6.45) is -0.239. The number of hydrogen-bond acceptors (Lipinski definition) is 4. The van der Waals surface area contributed by atoms with Gasteiger partial charge in [-0.3, -0.25) is 0 Å². The van der Waals surface area contributed by atoms with E-state index in [1.54, 1.807) is 4.90 Å². The molecular formula is C20H31BrN2O4. The van der Waals surface area contributed by atoms with Gasteiger partial charge in [-0.15, -0.1) is 0 Å². The standard InChI is InChI=1S/C20H31BrN2O4/c1-19(2,3)26-17(24)22-12-7-13-23(18(25)27-20(4,5)6)14-15-8-10-16(21)11-9-15/h8-11H,7,12-14H2,1-6H3,(H,22,24). The first kappa shape index (κ1) is 23.3. The van der Waals surface area contributed by atoms with Gasteiger partial charge in [0.15, 0.2) is 0 Å². The van der Waals surface area contributed by atoms with E-state index < -0.39 is 17.3 Å². The van der Waals surface area contributed by atoms with Crippen molar-refractivity contribution in [3.8, 4) is 0 Å². The molecule has 0 heterocycles. The molecule has 0 unspecified atom stereocenters. The van der Waals surface area contributed by atoms with Crippen molar-refractivity contribution in [3.63, 3.8) is 0 Å². The second kappa shape index (κ2) is 9.97. The Kier molecular flexibility index (Phi) is 8.59. The van der Waals surface area contributed by atoms with Gasteiger partial charge in [-0.1, -0.05) is 28.1 Å². The fourth-order valence-corrected chi connectivity index (χ4v) is 2.41. The van der Waals surface area contributed by atoms with Gasteiger partial charge in [0.2, 0.25) is 0 Å². The first-order chi connectivity index (χ1) is 12.4. The quantitative estimate of drug-likeness (QED) is 0.621. The topological polar surface area (TPSA) is 67.9 Å². The SMILES string of the molecule is CC(C)(C)OC(=O)NCCCN(Cc1ccc(Br)cc1)C(=O)OC(C)(C)C. The highest BCUT2D eigenvalue weighted by Gasteiger charge is 2.22. The van der Waals surface area contributed by atoms with E-state index >= 15 is 0 Å². The number of amides is 2. The Balaban J connectivity index is 2.61. The lowest BCUT2D eigenvalue weighted by atomic mass is 10.2. The number of carbonyl (C=O) groups is 2. The fourth-order valence-electron chi connectivity index (χ4n) is 2.15. The Morgan fingerprint density at radius 2 is 1.56 bits per heavy atom. The molecule has 0 aromatic heterocycles. The number of nitrogens with zero attached hydrogens (tertiary/aromatic N) is 1. The molecule has 1 aromatic rings. The van der Waals surface area contributed by atoms with Crippen LogP contribution >= 0.6 is 15.9 Å². The normalized spacial score (nSPS) is 11.7. The summed E-state index contributed by atoms with van der Waals surface area (Å²) in [4.78, 5) is 25.9. The zero-order valence-electron chi connectivity index (χ0n) is 17.1. The second-order valence-electron chi connectivity index (χ2n) is 8.31. The van der Waals surface area contributed by atoms with Crippen molar-refractivity contribution in [2.24, 2.45) is 0 Å². The summed E-state index contributed by atoms with van der Waals surface area (Å²) < 4.78 is 11.7. The van der Waals surface area contributed by atoms with Crippen LogP contribution in [0.15, 0.2) is 28.7 Å². The van der Waals surface area contributed by atoms with Crippen molar-refractivity contribution in [2.45, 2.75) is 65.7 Å². The van der Waals surface area contributed by atoms with Crippen molar-refractivity contribution in [2.75, 3.05) is 13.1 Å². The van der Waals surface area contributed by atoms with E-state index in [1.165, 1.54) is 0 Å². The molecule has 0 fully saturated rings.